The molecule has 0 aromatic heterocycles. The molecule has 0 bridgehead atoms. The van der Waals surface area contributed by atoms with Crippen molar-refractivity contribution in [2.75, 3.05) is 12.1 Å². The summed E-state index contributed by atoms with van der Waals surface area (Å²) in [6.45, 7) is 5.26. The summed E-state index contributed by atoms with van der Waals surface area (Å²) in [4.78, 5) is 5.60. The van der Waals surface area contributed by atoms with Crippen molar-refractivity contribution in [3.8, 4) is 0 Å². The van der Waals surface area contributed by atoms with Gasteiger partial charge in [-0.2, -0.15) is 0 Å². The fourth-order valence-corrected chi connectivity index (χ4v) is 3.07. The van der Waals surface area contributed by atoms with Crippen LogP contribution in [0.3, 0.4) is 0 Å². The van der Waals surface area contributed by atoms with Crippen LogP contribution < -0.4 is 5.48 Å². The van der Waals surface area contributed by atoms with Crippen LogP contribution in [0.4, 0.5) is 5.69 Å². The molecule has 138 valence electrons. The topological polar surface area (TPSA) is 21.3 Å². The molecule has 1 rings (SSSR count). The summed E-state index contributed by atoms with van der Waals surface area (Å²) in [6.07, 6.45) is 17.6. The number of aryl methyl sites for hydroxylation is 1. The summed E-state index contributed by atoms with van der Waals surface area (Å²) in [7, 11) is 0. The predicted molar refractivity (Wildman–Crippen MR) is 106 cm³/mol. The molecule has 0 spiro atoms. The molecule has 2 nitrogen and oxygen atoms in total. The van der Waals surface area contributed by atoms with Crippen molar-refractivity contribution in [3.05, 3.63) is 29.8 Å². The Labute approximate surface area is 150 Å². The van der Waals surface area contributed by atoms with E-state index in [2.05, 4.69) is 43.6 Å². The summed E-state index contributed by atoms with van der Waals surface area (Å²) in [6, 6.07) is 8.36. The third-order valence-electron chi connectivity index (χ3n) is 4.68. The highest BCUT2D eigenvalue weighted by Crippen LogP contribution is 2.15. The summed E-state index contributed by atoms with van der Waals surface area (Å²) >= 11 is 0. The van der Waals surface area contributed by atoms with Gasteiger partial charge in [0.2, 0.25) is 0 Å². The van der Waals surface area contributed by atoms with E-state index >= 15 is 0 Å². The van der Waals surface area contributed by atoms with Crippen molar-refractivity contribution in [2.45, 2.75) is 97.3 Å². The molecule has 1 aromatic carbocycles. The second-order valence-corrected chi connectivity index (χ2v) is 6.85. The molecule has 0 radical (unpaired) electrons. The lowest BCUT2D eigenvalue weighted by molar-refractivity contribution is 0.187. The zero-order chi connectivity index (χ0) is 17.3. The van der Waals surface area contributed by atoms with E-state index in [1.807, 2.05) is 0 Å². The Balaban J connectivity index is 1.84. The zero-order valence-corrected chi connectivity index (χ0v) is 16.1. The maximum Gasteiger partial charge on any atom is 0.0746 e. The minimum atomic E-state index is 0.801. The Morgan fingerprint density at radius 2 is 1.25 bits per heavy atom. The molecule has 0 fully saturated rings. The molecule has 0 amide bonds. The highest BCUT2D eigenvalue weighted by molar-refractivity contribution is 5.49. The monoisotopic (exact) mass is 333 g/mol. The second-order valence-electron chi connectivity index (χ2n) is 6.85. The first-order chi connectivity index (χ1) is 11.9. The first-order valence-corrected chi connectivity index (χ1v) is 10.3. The SMILES string of the molecule is CCCCCCCCCCCCCCONc1ccccc1CC. The van der Waals surface area contributed by atoms with Crippen LogP contribution in [-0.4, -0.2) is 6.61 Å². The van der Waals surface area contributed by atoms with E-state index in [1.165, 1.54) is 76.2 Å². The summed E-state index contributed by atoms with van der Waals surface area (Å²) in [5, 5.41) is 0. The third kappa shape index (κ3) is 10.7. The Hall–Kier alpha value is -1.02. The van der Waals surface area contributed by atoms with E-state index in [4.69, 9.17) is 4.84 Å². The minimum Gasteiger partial charge on any atom is -0.276 e. The standard InChI is InChI=1S/C22H39NO/c1-3-5-6-7-8-9-10-11-12-13-14-17-20-24-23-22-19-16-15-18-21(22)4-2/h15-16,18-19,23H,3-14,17,20H2,1-2H3. The van der Waals surface area contributed by atoms with Gasteiger partial charge in [-0.15, -0.1) is 0 Å². The molecule has 0 heterocycles. The molecule has 1 aromatic rings. The highest BCUT2D eigenvalue weighted by Gasteiger charge is 1.98. The molecule has 24 heavy (non-hydrogen) atoms. The Morgan fingerprint density at radius 3 is 1.83 bits per heavy atom. The number of rotatable bonds is 16. The van der Waals surface area contributed by atoms with Crippen LogP contribution in [0.5, 0.6) is 0 Å². The lowest BCUT2D eigenvalue weighted by atomic mass is 10.1. The molecular formula is C22H39NO. The van der Waals surface area contributed by atoms with Gasteiger partial charge in [-0.3, -0.25) is 10.3 Å². The normalized spacial score (nSPS) is 10.9. The lowest BCUT2D eigenvalue weighted by Crippen LogP contribution is -2.04. The number of nitrogens with one attached hydrogen (secondary N) is 1. The number of anilines is 1. The molecule has 2 heteroatoms. The van der Waals surface area contributed by atoms with E-state index in [9.17, 15) is 0 Å². The first kappa shape index (κ1) is 21.0. The summed E-state index contributed by atoms with van der Waals surface area (Å²) in [5.74, 6) is 0. The number of hydrogen-bond donors (Lipinski definition) is 1. The minimum absolute atomic E-state index is 0.801. The van der Waals surface area contributed by atoms with Gasteiger partial charge >= 0.3 is 0 Å². The average molecular weight is 334 g/mol. The number of para-hydroxylation sites is 1. The van der Waals surface area contributed by atoms with Gasteiger partial charge in [0.25, 0.3) is 0 Å². The quantitative estimate of drug-likeness (QED) is 0.253. The second kappa shape index (κ2) is 15.5. The van der Waals surface area contributed by atoms with E-state index in [-0.39, 0.29) is 0 Å². The van der Waals surface area contributed by atoms with Gasteiger partial charge in [-0.25, -0.2) is 0 Å². The molecule has 1 N–H and O–H groups in total. The Kier molecular flexibility index (Phi) is 13.6. The average Bonchev–Trinajstić information content (AvgIpc) is 2.62. The first-order valence-electron chi connectivity index (χ1n) is 10.3. The maximum absolute atomic E-state index is 5.60. The molecule has 0 aliphatic heterocycles. The molecule has 0 atom stereocenters. The van der Waals surface area contributed by atoms with Crippen LogP contribution in [0, 0.1) is 0 Å². The highest BCUT2D eigenvalue weighted by atomic mass is 16.6. The van der Waals surface area contributed by atoms with Crippen LogP contribution in [0.1, 0.15) is 96.5 Å². The predicted octanol–water partition coefficient (Wildman–Crippen LogP) is 7.29. The van der Waals surface area contributed by atoms with Crippen LogP contribution in [0.25, 0.3) is 0 Å². The van der Waals surface area contributed by atoms with Gasteiger partial charge in [0.05, 0.1) is 12.3 Å². The molecular weight excluding hydrogens is 294 g/mol. The van der Waals surface area contributed by atoms with Crippen molar-refractivity contribution in [1.82, 2.24) is 0 Å². The van der Waals surface area contributed by atoms with Crippen LogP contribution in [0.15, 0.2) is 24.3 Å². The fourth-order valence-electron chi connectivity index (χ4n) is 3.07. The largest absolute Gasteiger partial charge is 0.276 e. The van der Waals surface area contributed by atoms with Gasteiger partial charge < -0.3 is 0 Å². The number of benzene rings is 1. The lowest BCUT2D eigenvalue weighted by Gasteiger charge is -2.10. The van der Waals surface area contributed by atoms with E-state index in [1.54, 1.807) is 0 Å². The van der Waals surface area contributed by atoms with Gasteiger partial charge in [0, 0.05) is 0 Å². The molecule has 0 aliphatic rings. The molecule has 0 saturated carbocycles. The van der Waals surface area contributed by atoms with Crippen molar-refractivity contribution >= 4 is 5.69 Å². The van der Waals surface area contributed by atoms with Gasteiger partial charge in [0.1, 0.15) is 0 Å². The Morgan fingerprint density at radius 1 is 0.708 bits per heavy atom. The smallest absolute Gasteiger partial charge is 0.0746 e. The van der Waals surface area contributed by atoms with Crippen LogP contribution in [-0.2, 0) is 11.3 Å². The number of hydrogen-bond acceptors (Lipinski definition) is 2. The Bertz CT molecular complexity index is 391. The van der Waals surface area contributed by atoms with Crippen LogP contribution >= 0.6 is 0 Å². The van der Waals surface area contributed by atoms with Crippen LogP contribution in [0.2, 0.25) is 0 Å². The van der Waals surface area contributed by atoms with Crippen molar-refractivity contribution in [3.63, 3.8) is 0 Å². The van der Waals surface area contributed by atoms with Crippen molar-refractivity contribution in [1.29, 1.82) is 0 Å². The van der Waals surface area contributed by atoms with E-state index < -0.39 is 0 Å². The zero-order valence-electron chi connectivity index (χ0n) is 16.1. The molecule has 0 saturated heterocycles. The van der Waals surface area contributed by atoms with Crippen molar-refractivity contribution in [2.24, 2.45) is 0 Å². The van der Waals surface area contributed by atoms with Gasteiger partial charge in [-0.05, 0) is 24.5 Å². The number of unbranched alkanes of at least 4 members (excludes halogenated alkanes) is 11. The van der Waals surface area contributed by atoms with Gasteiger partial charge in [-0.1, -0.05) is 103 Å². The van der Waals surface area contributed by atoms with Gasteiger partial charge in [0.15, 0.2) is 0 Å². The fraction of sp³-hybridized carbons (Fsp3) is 0.727. The maximum atomic E-state index is 5.60. The summed E-state index contributed by atoms with van der Waals surface area (Å²) in [5.41, 5.74) is 5.53. The summed E-state index contributed by atoms with van der Waals surface area (Å²) < 4.78 is 0. The molecule has 0 aliphatic carbocycles. The van der Waals surface area contributed by atoms with Crippen molar-refractivity contribution < 1.29 is 4.84 Å². The van der Waals surface area contributed by atoms with E-state index in [0.717, 1.165) is 25.1 Å². The van der Waals surface area contributed by atoms with E-state index in [0.29, 0.717) is 0 Å². The molecule has 0 unspecified atom stereocenters. The third-order valence-corrected chi connectivity index (χ3v) is 4.68.